The van der Waals surface area contributed by atoms with Crippen molar-refractivity contribution in [1.29, 1.82) is 0 Å². The molecule has 5 atom stereocenters. The molecule has 0 fully saturated rings. The van der Waals surface area contributed by atoms with Gasteiger partial charge in [0.05, 0.1) is 6.61 Å². The van der Waals surface area contributed by atoms with Crippen LogP contribution in [0.2, 0.25) is 0 Å². The number of rotatable bonds is 6. The number of aliphatic hydroxyl groups is 7. The van der Waals surface area contributed by atoms with Crippen molar-refractivity contribution in [2.45, 2.75) is 51.3 Å². The fourth-order valence-electron chi connectivity index (χ4n) is 0.618. The van der Waals surface area contributed by atoms with E-state index in [9.17, 15) is 9.59 Å². The second-order valence-corrected chi connectivity index (χ2v) is 4.21. The molecule has 25 heavy (non-hydrogen) atoms. The first kappa shape index (κ1) is 31.1. The smallest absolute Gasteiger partial charge is 0.332 e. The summed E-state index contributed by atoms with van der Waals surface area (Å²) >= 11 is 0. The summed E-state index contributed by atoms with van der Waals surface area (Å²) in [4.78, 5) is 28.3. The first-order valence-electron chi connectivity index (χ1n) is 6.83. The molecule has 0 saturated heterocycles. The molecule has 0 spiro atoms. The molecule has 0 aromatic rings. The van der Waals surface area contributed by atoms with Gasteiger partial charge in [0.25, 0.3) is 5.97 Å². The van der Waals surface area contributed by atoms with Crippen LogP contribution in [0.4, 0.5) is 0 Å². The fourth-order valence-corrected chi connectivity index (χ4v) is 0.618. The van der Waals surface area contributed by atoms with Crippen molar-refractivity contribution in [2.24, 2.45) is 0 Å². The van der Waals surface area contributed by atoms with E-state index >= 15 is 0 Å². The molecule has 0 aliphatic rings. The number of aliphatic carboxylic acids is 2. The van der Waals surface area contributed by atoms with Gasteiger partial charge in [0, 0.05) is 13.5 Å². The number of hydrogen-bond donors (Lipinski definition) is 9. The van der Waals surface area contributed by atoms with E-state index in [2.05, 4.69) is 0 Å². The molecule has 152 valence electrons. The minimum atomic E-state index is -1.79. The van der Waals surface area contributed by atoms with Crippen molar-refractivity contribution < 1.29 is 60.3 Å². The SMILES string of the molecule is CC(=O)O.CC(O)C(=O)O.CCO.O=C[C@H](O)[C@@H](O)[C@H](O)[C@H](O)CO. The predicted octanol–water partition coefficient (Wildman–Crippen LogP) is -3.84. The van der Waals surface area contributed by atoms with Crippen molar-refractivity contribution in [2.75, 3.05) is 13.2 Å². The second-order valence-electron chi connectivity index (χ2n) is 4.21. The van der Waals surface area contributed by atoms with Crippen LogP contribution in [-0.4, -0.2) is 108 Å². The Bertz CT molecular complexity index is 329. The van der Waals surface area contributed by atoms with Crippen LogP contribution in [0.1, 0.15) is 20.8 Å². The summed E-state index contributed by atoms with van der Waals surface area (Å²) in [6.07, 6.45) is -8.07. The second kappa shape index (κ2) is 20.4. The largest absolute Gasteiger partial charge is 0.481 e. The van der Waals surface area contributed by atoms with Crippen LogP contribution in [0.5, 0.6) is 0 Å². The minimum Gasteiger partial charge on any atom is -0.481 e. The van der Waals surface area contributed by atoms with Gasteiger partial charge in [-0.1, -0.05) is 0 Å². The normalized spacial score (nSPS) is 15.1. The van der Waals surface area contributed by atoms with Crippen LogP contribution < -0.4 is 0 Å². The van der Waals surface area contributed by atoms with Crippen molar-refractivity contribution in [3.63, 3.8) is 0 Å². The van der Waals surface area contributed by atoms with Gasteiger partial charge >= 0.3 is 5.97 Å². The van der Waals surface area contributed by atoms with Gasteiger partial charge < -0.3 is 50.8 Å². The van der Waals surface area contributed by atoms with E-state index < -0.39 is 49.1 Å². The van der Waals surface area contributed by atoms with Crippen LogP contribution >= 0.6 is 0 Å². The van der Waals surface area contributed by atoms with Crippen molar-refractivity contribution in [3.05, 3.63) is 0 Å². The number of carboxylic acids is 2. The summed E-state index contributed by atoms with van der Waals surface area (Å²) in [5.41, 5.74) is 0. The van der Waals surface area contributed by atoms with E-state index in [1.54, 1.807) is 6.92 Å². The van der Waals surface area contributed by atoms with Gasteiger partial charge in [-0.25, -0.2) is 4.79 Å². The number of carbonyl (C=O) groups excluding carboxylic acids is 1. The first-order chi connectivity index (χ1) is 11.3. The van der Waals surface area contributed by atoms with Crippen molar-refractivity contribution >= 4 is 18.2 Å². The lowest BCUT2D eigenvalue weighted by Gasteiger charge is -2.22. The highest BCUT2D eigenvalue weighted by Crippen LogP contribution is 2.02. The quantitative estimate of drug-likeness (QED) is 0.203. The Labute approximate surface area is 144 Å². The van der Waals surface area contributed by atoms with E-state index in [1.807, 2.05) is 0 Å². The molecule has 9 N–H and O–H groups in total. The molecule has 0 bridgehead atoms. The lowest BCUT2D eigenvalue weighted by Crippen LogP contribution is -2.46. The van der Waals surface area contributed by atoms with Gasteiger partial charge in [-0.2, -0.15) is 0 Å². The number of carboxylic acid groups (broad SMARTS) is 2. The van der Waals surface area contributed by atoms with Gasteiger partial charge in [0.2, 0.25) is 0 Å². The van der Waals surface area contributed by atoms with E-state index in [4.69, 9.17) is 50.8 Å². The van der Waals surface area contributed by atoms with Gasteiger partial charge in [0.15, 0.2) is 6.29 Å². The standard InChI is InChI=1S/C6H12O6.C3H6O3.C2H4O2.C2H6O/c7-1-3(9)5(11)6(12)4(10)2-8;1-2(4)3(5)6;1-2(3)4;1-2-3/h1,3-6,8-12H,2H2;2,4H,1H3,(H,5,6);1H3,(H,3,4);3H,2H2,1H3/t3-,4+,5+,6+;;;/m0.../s1. The van der Waals surface area contributed by atoms with E-state index in [0.717, 1.165) is 6.92 Å². The zero-order chi connectivity index (χ0) is 21.2. The number of aliphatic hydroxyl groups excluding tert-OH is 7. The Kier molecular flexibility index (Phi) is 25.4. The molecule has 12 nitrogen and oxygen atoms in total. The maximum Gasteiger partial charge on any atom is 0.332 e. The van der Waals surface area contributed by atoms with Crippen LogP contribution in [0.3, 0.4) is 0 Å². The summed E-state index contributed by atoms with van der Waals surface area (Å²) in [7, 11) is 0. The zero-order valence-electron chi connectivity index (χ0n) is 14.1. The summed E-state index contributed by atoms with van der Waals surface area (Å²) in [6, 6.07) is 0. The lowest BCUT2D eigenvalue weighted by molar-refractivity contribution is -0.145. The maximum absolute atomic E-state index is 9.90. The Morgan fingerprint density at radius 1 is 0.960 bits per heavy atom. The monoisotopic (exact) mass is 376 g/mol. The number of hydrogen-bond acceptors (Lipinski definition) is 10. The van der Waals surface area contributed by atoms with Gasteiger partial charge in [-0.05, 0) is 13.8 Å². The molecule has 0 aliphatic heterocycles. The molecule has 0 amide bonds. The van der Waals surface area contributed by atoms with E-state index in [1.165, 1.54) is 6.92 Å². The predicted molar refractivity (Wildman–Crippen MR) is 82.6 cm³/mol. The molecule has 0 aliphatic carbocycles. The highest BCUT2D eigenvalue weighted by Gasteiger charge is 2.29. The molecule has 0 saturated carbocycles. The summed E-state index contributed by atoms with van der Waals surface area (Å²) in [6.45, 7) is 3.45. The third-order valence-electron chi connectivity index (χ3n) is 1.78. The average molecular weight is 376 g/mol. The Balaban J connectivity index is -0.000000141. The van der Waals surface area contributed by atoms with E-state index in [-0.39, 0.29) is 12.9 Å². The molecule has 1 unspecified atom stereocenters. The summed E-state index contributed by atoms with van der Waals surface area (Å²) in [5, 5.41) is 74.3. The van der Waals surface area contributed by atoms with Crippen molar-refractivity contribution in [1.82, 2.24) is 0 Å². The molecule has 0 aromatic carbocycles. The summed E-state index contributed by atoms with van der Waals surface area (Å²) < 4.78 is 0. The van der Waals surface area contributed by atoms with Crippen LogP contribution in [-0.2, 0) is 14.4 Å². The highest BCUT2D eigenvalue weighted by molar-refractivity contribution is 5.71. The third kappa shape index (κ3) is 27.5. The molecule has 0 radical (unpaired) electrons. The highest BCUT2D eigenvalue weighted by atomic mass is 16.4. The molecule has 0 heterocycles. The first-order valence-corrected chi connectivity index (χ1v) is 6.83. The van der Waals surface area contributed by atoms with Crippen molar-refractivity contribution in [3.8, 4) is 0 Å². The maximum atomic E-state index is 9.90. The van der Waals surface area contributed by atoms with Crippen LogP contribution in [0.25, 0.3) is 0 Å². The number of aldehydes is 1. The Morgan fingerprint density at radius 2 is 1.24 bits per heavy atom. The fraction of sp³-hybridized carbons (Fsp3) is 0.769. The molecule has 0 rings (SSSR count). The molecule has 12 heteroatoms. The average Bonchev–Trinajstić information content (AvgIpc) is 2.52. The minimum absolute atomic E-state index is 0.0258. The van der Waals surface area contributed by atoms with Crippen LogP contribution in [0, 0.1) is 0 Å². The Hall–Kier alpha value is -1.67. The molecular weight excluding hydrogens is 348 g/mol. The third-order valence-corrected chi connectivity index (χ3v) is 1.78. The number of carbonyl (C=O) groups is 3. The topological polar surface area (TPSA) is 233 Å². The zero-order valence-corrected chi connectivity index (χ0v) is 14.1. The van der Waals surface area contributed by atoms with Gasteiger partial charge in [-0.3, -0.25) is 4.79 Å². The summed E-state index contributed by atoms with van der Waals surface area (Å²) in [5.74, 6) is -2.02. The van der Waals surface area contributed by atoms with Gasteiger partial charge in [-0.15, -0.1) is 0 Å². The molecule has 0 aromatic heterocycles. The molecular formula is C13H28O12. The van der Waals surface area contributed by atoms with Crippen LogP contribution in [0.15, 0.2) is 0 Å². The van der Waals surface area contributed by atoms with Gasteiger partial charge in [0.1, 0.15) is 30.5 Å². The lowest BCUT2D eigenvalue weighted by atomic mass is 10.0. The van der Waals surface area contributed by atoms with E-state index in [0.29, 0.717) is 0 Å². The Morgan fingerprint density at radius 3 is 1.40 bits per heavy atom.